The molecule has 0 aliphatic carbocycles. The van der Waals surface area contributed by atoms with Gasteiger partial charge in [-0.2, -0.15) is 0 Å². The molecule has 1 aromatic carbocycles. The summed E-state index contributed by atoms with van der Waals surface area (Å²) < 4.78 is 23.9. The minimum atomic E-state index is -3.21. The summed E-state index contributed by atoms with van der Waals surface area (Å²) in [6, 6.07) is 7.28. The highest BCUT2D eigenvalue weighted by molar-refractivity contribution is 7.90. The predicted octanol–water partition coefficient (Wildman–Crippen LogP) is 2.93. The fourth-order valence-corrected chi connectivity index (χ4v) is 4.54. The number of aromatic nitrogens is 1. The van der Waals surface area contributed by atoms with Crippen LogP contribution in [0, 0.1) is 0 Å². The molecule has 4 nitrogen and oxygen atoms in total. The molecule has 112 valence electrons. The first-order valence-corrected chi connectivity index (χ1v) is 9.76. The van der Waals surface area contributed by atoms with Gasteiger partial charge in [-0.25, -0.2) is 13.4 Å². The van der Waals surface area contributed by atoms with Crippen LogP contribution in [0.1, 0.15) is 23.8 Å². The number of nitrogens with zero attached hydrogens (tertiary/aromatic N) is 2. The Hall–Kier alpha value is -1.40. The maximum Gasteiger partial charge on any atom is 0.177 e. The largest absolute Gasteiger partial charge is 0.370 e. The first-order valence-electron chi connectivity index (χ1n) is 6.99. The van der Waals surface area contributed by atoms with E-state index in [1.165, 1.54) is 6.26 Å². The number of rotatable bonds is 3. The minimum absolute atomic E-state index is 0.395. The quantitative estimate of drug-likeness (QED) is 0.872. The fourth-order valence-electron chi connectivity index (χ4n) is 2.87. The van der Waals surface area contributed by atoms with Crippen LogP contribution in [0.5, 0.6) is 0 Å². The van der Waals surface area contributed by atoms with Gasteiger partial charge in [0.05, 0.1) is 15.6 Å². The van der Waals surface area contributed by atoms with E-state index in [0.29, 0.717) is 10.8 Å². The van der Waals surface area contributed by atoms with E-state index in [0.717, 1.165) is 36.6 Å². The second kappa shape index (κ2) is 5.77. The number of hydrogen-bond acceptors (Lipinski definition) is 5. The van der Waals surface area contributed by atoms with Crippen molar-refractivity contribution in [1.29, 1.82) is 0 Å². The van der Waals surface area contributed by atoms with Gasteiger partial charge in [-0.1, -0.05) is 12.1 Å². The van der Waals surface area contributed by atoms with Crippen molar-refractivity contribution in [2.45, 2.75) is 23.7 Å². The lowest BCUT2D eigenvalue weighted by atomic mass is 9.98. The zero-order chi connectivity index (χ0) is 14.9. The smallest absolute Gasteiger partial charge is 0.177 e. The van der Waals surface area contributed by atoms with Gasteiger partial charge in [0.1, 0.15) is 0 Å². The van der Waals surface area contributed by atoms with Gasteiger partial charge in [0.2, 0.25) is 0 Å². The van der Waals surface area contributed by atoms with Gasteiger partial charge in [0, 0.05) is 36.8 Å². The van der Waals surface area contributed by atoms with Crippen LogP contribution in [0.2, 0.25) is 0 Å². The third-order valence-corrected chi connectivity index (χ3v) is 5.91. The number of hydrogen-bond donors (Lipinski definition) is 0. The second-order valence-corrected chi connectivity index (χ2v) is 8.31. The molecule has 2 aromatic rings. The molecule has 0 unspecified atom stereocenters. The molecule has 1 aliphatic heterocycles. The highest BCUT2D eigenvalue weighted by atomic mass is 32.2. The van der Waals surface area contributed by atoms with Crippen molar-refractivity contribution in [1.82, 2.24) is 4.98 Å². The summed E-state index contributed by atoms with van der Waals surface area (Å²) in [5.41, 5.74) is 0.821. The van der Waals surface area contributed by atoms with Crippen LogP contribution in [-0.2, 0) is 9.84 Å². The van der Waals surface area contributed by atoms with Crippen LogP contribution in [0.4, 0.5) is 5.69 Å². The zero-order valence-electron chi connectivity index (χ0n) is 11.9. The first-order chi connectivity index (χ1) is 10.1. The highest BCUT2D eigenvalue weighted by Crippen LogP contribution is 2.33. The lowest BCUT2D eigenvalue weighted by Crippen LogP contribution is -2.35. The SMILES string of the molecule is CS(=O)(=O)c1ccccc1N1CCC[C@H](c2nccs2)C1. The van der Waals surface area contributed by atoms with Gasteiger partial charge in [-0.05, 0) is 25.0 Å². The Bertz CT molecular complexity index is 711. The van der Waals surface area contributed by atoms with E-state index in [1.807, 2.05) is 23.7 Å². The third kappa shape index (κ3) is 3.11. The Kier molecular flexibility index (Phi) is 3.99. The van der Waals surface area contributed by atoms with E-state index in [2.05, 4.69) is 9.88 Å². The molecule has 0 bridgehead atoms. The van der Waals surface area contributed by atoms with Crippen LogP contribution in [0.15, 0.2) is 40.7 Å². The fraction of sp³-hybridized carbons (Fsp3) is 0.400. The van der Waals surface area contributed by atoms with Gasteiger partial charge in [-0.15, -0.1) is 11.3 Å². The standard InChI is InChI=1S/C15H18N2O2S2/c1-21(18,19)14-7-3-2-6-13(14)17-9-4-5-12(11-17)15-16-8-10-20-15/h2-3,6-8,10,12H,4-5,9,11H2,1H3/t12-/m0/s1. The predicted molar refractivity (Wildman–Crippen MR) is 85.9 cm³/mol. The zero-order valence-corrected chi connectivity index (χ0v) is 13.5. The molecule has 0 amide bonds. The van der Waals surface area contributed by atoms with Crippen LogP contribution in [-0.4, -0.2) is 32.7 Å². The van der Waals surface area contributed by atoms with Crippen molar-refractivity contribution in [3.63, 3.8) is 0 Å². The van der Waals surface area contributed by atoms with E-state index in [1.54, 1.807) is 23.5 Å². The van der Waals surface area contributed by atoms with Crippen LogP contribution in [0.3, 0.4) is 0 Å². The molecule has 3 rings (SSSR count). The van der Waals surface area contributed by atoms with E-state index in [9.17, 15) is 8.42 Å². The summed E-state index contributed by atoms with van der Waals surface area (Å²) in [7, 11) is -3.21. The average molecular weight is 322 g/mol. The molecule has 1 aliphatic rings. The molecular weight excluding hydrogens is 304 g/mol. The van der Waals surface area contributed by atoms with E-state index in [4.69, 9.17) is 0 Å². The van der Waals surface area contributed by atoms with Crippen molar-refractivity contribution in [2.24, 2.45) is 0 Å². The van der Waals surface area contributed by atoms with E-state index < -0.39 is 9.84 Å². The van der Waals surface area contributed by atoms with Crippen molar-refractivity contribution in [3.8, 4) is 0 Å². The number of sulfone groups is 1. The summed E-state index contributed by atoms with van der Waals surface area (Å²) >= 11 is 1.68. The lowest BCUT2D eigenvalue weighted by Gasteiger charge is -2.34. The monoisotopic (exact) mass is 322 g/mol. The average Bonchev–Trinajstić information content (AvgIpc) is 3.01. The number of thiazole rings is 1. The molecule has 0 N–H and O–H groups in total. The molecule has 0 spiro atoms. The summed E-state index contributed by atoms with van der Waals surface area (Å²) in [6.45, 7) is 1.73. The van der Waals surface area contributed by atoms with Crippen molar-refractivity contribution < 1.29 is 8.42 Å². The summed E-state index contributed by atoms with van der Waals surface area (Å²) in [5.74, 6) is 0.395. The molecule has 2 heterocycles. The van der Waals surface area contributed by atoms with Crippen molar-refractivity contribution in [3.05, 3.63) is 40.8 Å². The molecular formula is C15H18N2O2S2. The third-order valence-electron chi connectivity index (χ3n) is 3.83. The maximum atomic E-state index is 12.0. The van der Waals surface area contributed by atoms with Gasteiger partial charge in [0.15, 0.2) is 9.84 Å². The molecule has 1 aromatic heterocycles. The Labute approximate surface area is 129 Å². The number of piperidine rings is 1. The van der Waals surface area contributed by atoms with E-state index in [-0.39, 0.29) is 0 Å². The molecule has 21 heavy (non-hydrogen) atoms. The molecule has 6 heteroatoms. The van der Waals surface area contributed by atoms with Crippen molar-refractivity contribution in [2.75, 3.05) is 24.2 Å². The van der Waals surface area contributed by atoms with Gasteiger partial charge in [0.25, 0.3) is 0 Å². The summed E-state index contributed by atoms with van der Waals surface area (Å²) in [6.07, 6.45) is 5.28. The minimum Gasteiger partial charge on any atom is -0.370 e. The number of anilines is 1. The van der Waals surface area contributed by atoms with Crippen LogP contribution < -0.4 is 4.90 Å². The second-order valence-electron chi connectivity index (χ2n) is 5.40. The number of benzene rings is 1. The van der Waals surface area contributed by atoms with Crippen LogP contribution in [0.25, 0.3) is 0 Å². The molecule has 0 radical (unpaired) electrons. The lowest BCUT2D eigenvalue weighted by molar-refractivity contribution is 0.506. The first kappa shape index (κ1) is 14.5. The van der Waals surface area contributed by atoms with Crippen molar-refractivity contribution >= 4 is 26.9 Å². The molecule has 0 saturated carbocycles. The van der Waals surface area contributed by atoms with Gasteiger partial charge >= 0.3 is 0 Å². The normalized spacial score (nSPS) is 19.7. The maximum absolute atomic E-state index is 12.0. The van der Waals surface area contributed by atoms with Gasteiger partial charge < -0.3 is 4.90 Å². The van der Waals surface area contributed by atoms with E-state index >= 15 is 0 Å². The number of para-hydroxylation sites is 1. The summed E-state index contributed by atoms with van der Waals surface area (Å²) in [5, 5.41) is 3.15. The molecule has 1 atom stereocenters. The van der Waals surface area contributed by atoms with Crippen LogP contribution >= 0.6 is 11.3 Å². The summed E-state index contributed by atoms with van der Waals surface area (Å²) in [4.78, 5) is 7.02. The highest BCUT2D eigenvalue weighted by Gasteiger charge is 2.26. The Morgan fingerprint density at radius 1 is 1.33 bits per heavy atom. The molecule has 1 fully saturated rings. The Balaban J connectivity index is 1.91. The Morgan fingerprint density at radius 3 is 2.86 bits per heavy atom. The van der Waals surface area contributed by atoms with Gasteiger partial charge in [-0.3, -0.25) is 0 Å². The molecule has 1 saturated heterocycles. The topological polar surface area (TPSA) is 50.3 Å². The Morgan fingerprint density at radius 2 is 2.14 bits per heavy atom.